The molecule has 2 aliphatic heterocycles. The number of benzene rings is 2. The molecule has 2 fully saturated rings. The molecule has 2 saturated heterocycles. The maximum atomic E-state index is 11.4. The van der Waals surface area contributed by atoms with Crippen LogP contribution in [0.2, 0.25) is 0 Å². The van der Waals surface area contributed by atoms with Gasteiger partial charge in [-0.25, -0.2) is 0 Å². The molecule has 1 N–H and O–H groups in total. The third-order valence-corrected chi connectivity index (χ3v) is 4.95. The van der Waals surface area contributed by atoms with Gasteiger partial charge in [-0.2, -0.15) is 0 Å². The van der Waals surface area contributed by atoms with Gasteiger partial charge in [0.15, 0.2) is 6.29 Å². The number of aliphatic hydroxyl groups is 1. The summed E-state index contributed by atoms with van der Waals surface area (Å²) in [5.41, 5.74) is 1.82. The lowest BCUT2D eigenvalue weighted by Gasteiger charge is -2.47. The van der Waals surface area contributed by atoms with Gasteiger partial charge in [-0.1, -0.05) is 60.7 Å². The minimum Gasteiger partial charge on any atom is -0.433 e. The maximum absolute atomic E-state index is 11.4. The fourth-order valence-corrected chi connectivity index (χ4v) is 3.56. The lowest BCUT2D eigenvalue weighted by molar-refractivity contribution is -0.361. The predicted octanol–water partition coefficient (Wildman–Crippen LogP) is 2.33. The Kier molecular flexibility index (Phi) is 6.22. The number of carbonyl (C=O) groups excluding carboxylic acids is 1. The van der Waals surface area contributed by atoms with Crippen molar-refractivity contribution in [1.29, 1.82) is 0 Å². The molecule has 7 nitrogen and oxygen atoms in total. The molecule has 0 radical (unpaired) electrons. The summed E-state index contributed by atoms with van der Waals surface area (Å²) in [6, 6.07) is 19.2. The number of ether oxygens (including phenoxy) is 5. The number of hydrogen-bond acceptors (Lipinski definition) is 7. The van der Waals surface area contributed by atoms with Gasteiger partial charge in [0, 0.05) is 12.5 Å². The highest BCUT2D eigenvalue weighted by molar-refractivity contribution is 5.66. The monoisotopic (exact) mass is 400 g/mol. The van der Waals surface area contributed by atoms with Gasteiger partial charge in [0.1, 0.15) is 24.4 Å². The molecule has 0 aromatic heterocycles. The zero-order chi connectivity index (χ0) is 20.2. The van der Waals surface area contributed by atoms with Crippen LogP contribution in [0.4, 0.5) is 0 Å². The van der Waals surface area contributed by atoms with E-state index in [1.165, 1.54) is 6.92 Å². The van der Waals surface area contributed by atoms with E-state index in [9.17, 15) is 9.90 Å². The van der Waals surface area contributed by atoms with Crippen molar-refractivity contribution in [1.82, 2.24) is 0 Å². The number of carbonyl (C=O) groups is 1. The molecule has 6 atom stereocenters. The van der Waals surface area contributed by atoms with Crippen LogP contribution in [0.25, 0.3) is 0 Å². The Morgan fingerprint density at radius 3 is 2.45 bits per heavy atom. The van der Waals surface area contributed by atoms with Gasteiger partial charge in [-0.3, -0.25) is 4.79 Å². The average Bonchev–Trinajstić information content (AvgIpc) is 2.74. The summed E-state index contributed by atoms with van der Waals surface area (Å²) in [6.07, 6.45) is -4.81. The second-order valence-electron chi connectivity index (χ2n) is 7.08. The normalized spacial score (nSPS) is 31.7. The molecule has 0 spiro atoms. The van der Waals surface area contributed by atoms with Crippen LogP contribution in [0.3, 0.4) is 0 Å². The quantitative estimate of drug-likeness (QED) is 0.772. The molecular weight excluding hydrogens is 376 g/mol. The fraction of sp³-hybridized carbons (Fsp3) is 0.409. The lowest BCUT2D eigenvalue weighted by Crippen LogP contribution is -2.63. The van der Waals surface area contributed by atoms with Crippen molar-refractivity contribution < 1.29 is 33.6 Å². The summed E-state index contributed by atoms with van der Waals surface area (Å²) in [5, 5.41) is 10.8. The van der Waals surface area contributed by atoms with E-state index < -0.39 is 43.0 Å². The Hall–Kier alpha value is -2.29. The standard InChI is InChI=1S/C22H24O7/c1-14(23)27-22-18(24)20(25-12-15-8-4-2-5-9-15)19-17(28-22)13-26-21(29-19)16-10-6-3-7-11-16/h2-11,17-22,24H,12-13H2,1H3/t17-,18-,19-,20-,21?,22+/m1/s1. The van der Waals surface area contributed by atoms with Crippen LogP contribution >= 0.6 is 0 Å². The fourth-order valence-electron chi connectivity index (χ4n) is 3.56. The lowest BCUT2D eigenvalue weighted by atomic mass is 9.97. The highest BCUT2D eigenvalue weighted by Gasteiger charge is 2.51. The first-order valence-corrected chi connectivity index (χ1v) is 9.60. The zero-order valence-corrected chi connectivity index (χ0v) is 16.0. The van der Waals surface area contributed by atoms with E-state index in [0.717, 1.165) is 11.1 Å². The molecule has 154 valence electrons. The van der Waals surface area contributed by atoms with Gasteiger partial charge in [0.05, 0.1) is 13.2 Å². The number of fused-ring (bicyclic) bond motifs is 1. The highest BCUT2D eigenvalue weighted by atomic mass is 16.8. The summed E-state index contributed by atoms with van der Waals surface area (Å²) < 4.78 is 28.9. The third kappa shape index (κ3) is 4.66. The van der Waals surface area contributed by atoms with Crippen molar-refractivity contribution in [3.05, 3.63) is 71.8 Å². The molecule has 0 bridgehead atoms. The summed E-state index contributed by atoms with van der Waals surface area (Å²) in [5.74, 6) is -0.547. The van der Waals surface area contributed by atoms with Crippen LogP contribution in [0.1, 0.15) is 24.3 Å². The minimum absolute atomic E-state index is 0.222. The summed E-state index contributed by atoms with van der Waals surface area (Å²) in [4.78, 5) is 11.4. The zero-order valence-electron chi connectivity index (χ0n) is 16.0. The molecule has 0 amide bonds. The van der Waals surface area contributed by atoms with Crippen LogP contribution < -0.4 is 0 Å². The first-order chi connectivity index (χ1) is 14.1. The van der Waals surface area contributed by atoms with Gasteiger partial charge >= 0.3 is 5.97 Å². The highest BCUT2D eigenvalue weighted by Crippen LogP contribution is 2.35. The van der Waals surface area contributed by atoms with Gasteiger partial charge in [-0.05, 0) is 5.56 Å². The Labute approximate surface area is 169 Å². The van der Waals surface area contributed by atoms with Gasteiger partial charge in [-0.15, -0.1) is 0 Å². The maximum Gasteiger partial charge on any atom is 0.305 e. The third-order valence-electron chi connectivity index (χ3n) is 4.95. The van der Waals surface area contributed by atoms with E-state index in [-0.39, 0.29) is 13.2 Å². The summed E-state index contributed by atoms with van der Waals surface area (Å²) in [7, 11) is 0. The van der Waals surface area contributed by atoms with Crippen molar-refractivity contribution in [2.75, 3.05) is 6.61 Å². The van der Waals surface area contributed by atoms with Gasteiger partial charge < -0.3 is 28.8 Å². The summed E-state index contributed by atoms with van der Waals surface area (Å²) in [6.45, 7) is 1.76. The topological polar surface area (TPSA) is 83.5 Å². The Morgan fingerprint density at radius 2 is 1.76 bits per heavy atom. The number of hydrogen-bond donors (Lipinski definition) is 1. The van der Waals surface area contributed by atoms with E-state index in [1.54, 1.807) is 0 Å². The Balaban J connectivity index is 1.53. The van der Waals surface area contributed by atoms with Crippen molar-refractivity contribution in [2.24, 2.45) is 0 Å². The number of esters is 1. The second kappa shape index (κ2) is 9.02. The van der Waals surface area contributed by atoms with E-state index in [2.05, 4.69) is 0 Å². The smallest absolute Gasteiger partial charge is 0.305 e. The van der Waals surface area contributed by atoms with Crippen molar-refractivity contribution >= 4 is 5.97 Å². The largest absolute Gasteiger partial charge is 0.433 e. The van der Waals surface area contributed by atoms with Crippen LogP contribution in [0.15, 0.2) is 60.7 Å². The molecule has 1 unspecified atom stereocenters. The number of rotatable bonds is 5. The Bertz CT molecular complexity index is 797. The predicted molar refractivity (Wildman–Crippen MR) is 101 cm³/mol. The van der Waals surface area contributed by atoms with Crippen molar-refractivity contribution in [2.45, 2.75) is 50.5 Å². The van der Waals surface area contributed by atoms with E-state index >= 15 is 0 Å². The van der Waals surface area contributed by atoms with Crippen molar-refractivity contribution in [3.63, 3.8) is 0 Å². The van der Waals surface area contributed by atoms with Crippen LogP contribution in [-0.2, 0) is 35.1 Å². The van der Waals surface area contributed by atoms with Crippen LogP contribution in [-0.4, -0.2) is 48.4 Å². The van der Waals surface area contributed by atoms with Crippen molar-refractivity contribution in [3.8, 4) is 0 Å². The molecule has 29 heavy (non-hydrogen) atoms. The molecule has 0 saturated carbocycles. The average molecular weight is 400 g/mol. The first kappa shape index (κ1) is 20.0. The van der Waals surface area contributed by atoms with E-state index in [4.69, 9.17) is 23.7 Å². The second-order valence-corrected chi connectivity index (χ2v) is 7.08. The van der Waals surface area contributed by atoms with E-state index in [1.807, 2.05) is 60.7 Å². The SMILES string of the molecule is CC(=O)O[C@H]1O[C@@H]2COC(c3ccccc3)O[C@H]2[C@H](OCc2ccccc2)[C@H]1O. The van der Waals surface area contributed by atoms with Gasteiger partial charge in [0.25, 0.3) is 0 Å². The molecule has 2 aromatic rings. The molecule has 2 heterocycles. The molecule has 2 aliphatic rings. The molecule has 4 rings (SSSR count). The first-order valence-electron chi connectivity index (χ1n) is 9.60. The van der Waals surface area contributed by atoms with Crippen LogP contribution in [0, 0.1) is 0 Å². The summed E-state index contributed by atoms with van der Waals surface area (Å²) >= 11 is 0. The van der Waals surface area contributed by atoms with Gasteiger partial charge in [0.2, 0.25) is 6.29 Å². The molecular formula is C22H24O7. The molecule has 7 heteroatoms. The Morgan fingerprint density at radius 1 is 1.07 bits per heavy atom. The molecule has 2 aromatic carbocycles. The molecule has 0 aliphatic carbocycles. The minimum atomic E-state index is -1.20. The number of aliphatic hydroxyl groups excluding tert-OH is 1. The van der Waals surface area contributed by atoms with E-state index in [0.29, 0.717) is 0 Å². The van der Waals surface area contributed by atoms with Crippen LogP contribution in [0.5, 0.6) is 0 Å².